The molecule has 0 radical (unpaired) electrons. The van der Waals surface area contributed by atoms with Gasteiger partial charge >= 0.3 is 6.03 Å². The molecule has 0 atom stereocenters. The smallest absolute Gasteiger partial charge is 0.314 e. The van der Waals surface area contributed by atoms with Crippen LogP contribution in [0.2, 0.25) is 0 Å². The molecule has 0 fully saturated rings. The van der Waals surface area contributed by atoms with E-state index in [0.717, 1.165) is 29.9 Å². The normalized spacial score (nSPS) is 12.9. The first kappa shape index (κ1) is 14.5. The van der Waals surface area contributed by atoms with Crippen molar-refractivity contribution in [3.8, 4) is 11.5 Å². The Hall–Kier alpha value is -1.91. The number of aryl methyl sites for hydroxylation is 1. The van der Waals surface area contributed by atoms with Crippen LogP contribution in [0.1, 0.15) is 24.5 Å². The highest BCUT2D eigenvalue weighted by Gasteiger charge is 2.14. The van der Waals surface area contributed by atoms with Crippen LogP contribution in [0.15, 0.2) is 12.1 Å². The van der Waals surface area contributed by atoms with E-state index in [0.29, 0.717) is 26.3 Å². The molecule has 0 aromatic heterocycles. The lowest BCUT2D eigenvalue weighted by molar-refractivity contribution is 0.171. The van der Waals surface area contributed by atoms with Crippen molar-refractivity contribution in [2.45, 2.75) is 26.7 Å². The average molecular weight is 278 g/mol. The molecule has 0 saturated heterocycles. The van der Waals surface area contributed by atoms with Gasteiger partial charge in [-0.1, -0.05) is 6.92 Å². The van der Waals surface area contributed by atoms with Crippen LogP contribution >= 0.6 is 0 Å². The number of amides is 2. The molecule has 1 aromatic carbocycles. The zero-order chi connectivity index (χ0) is 14.4. The lowest BCUT2D eigenvalue weighted by Gasteiger charge is -2.20. The number of urea groups is 1. The fourth-order valence-corrected chi connectivity index (χ4v) is 2.11. The molecule has 1 aliphatic heterocycles. The summed E-state index contributed by atoms with van der Waals surface area (Å²) < 4.78 is 11.1. The van der Waals surface area contributed by atoms with Crippen molar-refractivity contribution in [3.63, 3.8) is 0 Å². The van der Waals surface area contributed by atoms with Crippen molar-refractivity contribution in [1.29, 1.82) is 0 Å². The Morgan fingerprint density at radius 1 is 1.15 bits per heavy atom. The van der Waals surface area contributed by atoms with Gasteiger partial charge in [0.2, 0.25) is 0 Å². The van der Waals surface area contributed by atoms with Gasteiger partial charge in [0, 0.05) is 13.1 Å². The Labute approximate surface area is 119 Å². The summed E-state index contributed by atoms with van der Waals surface area (Å²) in [7, 11) is 0. The fourth-order valence-electron chi connectivity index (χ4n) is 2.11. The molecular formula is C15H22N2O3. The summed E-state index contributed by atoms with van der Waals surface area (Å²) in [5, 5.41) is 5.64. The quantitative estimate of drug-likeness (QED) is 0.866. The molecule has 0 aliphatic carbocycles. The van der Waals surface area contributed by atoms with E-state index in [1.807, 2.05) is 26.0 Å². The topological polar surface area (TPSA) is 59.6 Å². The van der Waals surface area contributed by atoms with Crippen LogP contribution in [-0.2, 0) is 6.42 Å². The molecule has 0 unspecified atom stereocenters. The maximum absolute atomic E-state index is 11.4. The van der Waals surface area contributed by atoms with Gasteiger partial charge in [-0.15, -0.1) is 0 Å². The maximum Gasteiger partial charge on any atom is 0.314 e. The molecule has 5 heteroatoms. The fraction of sp³-hybridized carbons (Fsp3) is 0.533. The minimum absolute atomic E-state index is 0.109. The summed E-state index contributed by atoms with van der Waals surface area (Å²) in [6.07, 6.45) is 1.72. The van der Waals surface area contributed by atoms with Crippen molar-refractivity contribution in [2.75, 3.05) is 26.3 Å². The van der Waals surface area contributed by atoms with Gasteiger partial charge in [-0.05, 0) is 43.0 Å². The first-order valence-corrected chi connectivity index (χ1v) is 7.11. The molecule has 2 N–H and O–H groups in total. The first-order valence-electron chi connectivity index (χ1n) is 7.11. The lowest BCUT2D eigenvalue weighted by atomic mass is 10.0. The molecule has 0 saturated carbocycles. The van der Waals surface area contributed by atoms with Gasteiger partial charge in [0.1, 0.15) is 13.2 Å². The van der Waals surface area contributed by atoms with Crippen LogP contribution in [0.3, 0.4) is 0 Å². The third kappa shape index (κ3) is 3.79. The van der Waals surface area contributed by atoms with E-state index in [1.165, 1.54) is 5.56 Å². The van der Waals surface area contributed by atoms with Crippen LogP contribution in [0.4, 0.5) is 4.79 Å². The standard InChI is InChI=1S/C15H22N2O3/c1-3-5-16-15(18)17-6-4-12-10-14-13(9-11(12)2)19-7-8-20-14/h9-10H,3-8H2,1-2H3,(H2,16,17,18). The van der Waals surface area contributed by atoms with Crippen molar-refractivity contribution in [2.24, 2.45) is 0 Å². The van der Waals surface area contributed by atoms with Crippen LogP contribution in [-0.4, -0.2) is 32.3 Å². The van der Waals surface area contributed by atoms with E-state index >= 15 is 0 Å². The van der Waals surface area contributed by atoms with Crippen LogP contribution in [0, 0.1) is 6.92 Å². The molecular weight excluding hydrogens is 256 g/mol. The minimum atomic E-state index is -0.109. The second-order valence-electron chi connectivity index (χ2n) is 4.86. The van der Waals surface area contributed by atoms with Gasteiger partial charge in [0.15, 0.2) is 11.5 Å². The highest BCUT2D eigenvalue weighted by molar-refractivity contribution is 5.73. The van der Waals surface area contributed by atoms with Crippen LogP contribution in [0.25, 0.3) is 0 Å². The van der Waals surface area contributed by atoms with Crippen molar-refractivity contribution < 1.29 is 14.3 Å². The largest absolute Gasteiger partial charge is 0.486 e. The van der Waals surface area contributed by atoms with Gasteiger partial charge in [-0.3, -0.25) is 0 Å². The van der Waals surface area contributed by atoms with Crippen LogP contribution < -0.4 is 20.1 Å². The number of hydrogen-bond donors (Lipinski definition) is 2. The first-order chi connectivity index (χ1) is 9.70. The van der Waals surface area contributed by atoms with Gasteiger partial charge in [-0.25, -0.2) is 4.79 Å². The Kier molecular flexibility index (Phi) is 5.09. The number of benzene rings is 1. The number of ether oxygens (including phenoxy) is 2. The van der Waals surface area contributed by atoms with Crippen molar-refractivity contribution >= 4 is 6.03 Å². The minimum Gasteiger partial charge on any atom is -0.486 e. The van der Waals surface area contributed by atoms with E-state index < -0.39 is 0 Å². The zero-order valence-corrected chi connectivity index (χ0v) is 12.1. The van der Waals surface area contributed by atoms with Crippen molar-refractivity contribution in [1.82, 2.24) is 10.6 Å². The Bertz CT molecular complexity index is 474. The maximum atomic E-state index is 11.4. The number of rotatable bonds is 5. The predicted octanol–water partition coefficient (Wildman–Crippen LogP) is 2.02. The second-order valence-corrected chi connectivity index (χ2v) is 4.86. The molecule has 1 heterocycles. The highest BCUT2D eigenvalue weighted by atomic mass is 16.6. The van der Waals surface area contributed by atoms with E-state index in [9.17, 15) is 4.79 Å². The summed E-state index contributed by atoms with van der Waals surface area (Å²) in [4.78, 5) is 11.4. The van der Waals surface area contributed by atoms with Gasteiger partial charge in [-0.2, -0.15) is 0 Å². The van der Waals surface area contributed by atoms with E-state index in [2.05, 4.69) is 10.6 Å². The van der Waals surface area contributed by atoms with E-state index in [1.54, 1.807) is 0 Å². The molecule has 20 heavy (non-hydrogen) atoms. The number of fused-ring (bicyclic) bond motifs is 1. The summed E-state index contributed by atoms with van der Waals surface area (Å²) >= 11 is 0. The number of carbonyl (C=O) groups excluding carboxylic acids is 1. The third-order valence-electron chi connectivity index (χ3n) is 3.22. The van der Waals surface area contributed by atoms with Crippen LogP contribution in [0.5, 0.6) is 11.5 Å². The number of carbonyl (C=O) groups is 1. The lowest BCUT2D eigenvalue weighted by Crippen LogP contribution is -2.36. The van der Waals surface area contributed by atoms with E-state index in [-0.39, 0.29) is 6.03 Å². The highest BCUT2D eigenvalue weighted by Crippen LogP contribution is 2.33. The molecule has 2 amide bonds. The molecule has 5 nitrogen and oxygen atoms in total. The molecule has 0 bridgehead atoms. The van der Waals surface area contributed by atoms with Crippen molar-refractivity contribution in [3.05, 3.63) is 23.3 Å². The molecule has 2 rings (SSSR count). The summed E-state index contributed by atoms with van der Waals surface area (Å²) in [6.45, 7) is 6.58. The second kappa shape index (κ2) is 7.03. The average Bonchev–Trinajstić information content (AvgIpc) is 2.45. The Morgan fingerprint density at radius 3 is 2.50 bits per heavy atom. The van der Waals surface area contributed by atoms with E-state index in [4.69, 9.17) is 9.47 Å². The molecule has 1 aliphatic rings. The molecule has 0 spiro atoms. The zero-order valence-electron chi connectivity index (χ0n) is 12.1. The predicted molar refractivity (Wildman–Crippen MR) is 77.6 cm³/mol. The number of nitrogens with one attached hydrogen (secondary N) is 2. The van der Waals surface area contributed by atoms with Gasteiger partial charge < -0.3 is 20.1 Å². The van der Waals surface area contributed by atoms with Gasteiger partial charge in [0.25, 0.3) is 0 Å². The van der Waals surface area contributed by atoms with Gasteiger partial charge in [0.05, 0.1) is 0 Å². The summed E-state index contributed by atoms with van der Waals surface area (Å²) in [5.74, 6) is 1.61. The molecule has 1 aromatic rings. The SMILES string of the molecule is CCCNC(=O)NCCc1cc2c(cc1C)OCCO2. The summed E-state index contributed by atoms with van der Waals surface area (Å²) in [5.41, 5.74) is 2.33. The monoisotopic (exact) mass is 278 g/mol. The Morgan fingerprint density at radius 2 is 1.80 bits per heavy atom. The molecule has 110 valence electrons. The Balaban J connectivity index is 1.88. The summed E-state index contributed by atoms with van der Waals surface area (Å²) in [6, 6.07) is 3.90. The number of hydrogen-bond acceptors (Lipinski definition) is 3. The third-order valence-corrected chi connectivity index (χ3v) is 3.22.